The number of nitrogens with zero attached hydrogens (tertiary/aromatic N) is 1. The Balaban J connectivity index is 2.14. The Hall–Kier alpha value is -1.10. The maximum absolute atomic E-state index is 12.6. The van der Waals surface area contributed by atoms with E-state index in [1.165, 1.54) is 0 Å². The highest BCUT2D eigenvalue weighted by Crippen LogP contribution is 2.32. The van der Waals surface area contributed by atoms with Gasteiger partial charge in [-0.15, -0.1) is 0 Å². The van der Waals surface area contributed by atoms with E-state index >= 15 is 0 Å². The van der Waals surface area contributed by atoms with Crippen LogP contribution in [0.2, 0.25) is 0 Å². The van der Waals surface area contributed by atoms with Crippen LogP contribution in [0.5, 0.6) is 0 Å². The minimum atomic E-state index is -0.871. The number of piperidine rings is 1. The van der Waals surface area contributed by atoms with Gasteiger partial charge in [-0.25, -0.2) is 4.79 Å². The highest BCUT2D eigenvalue weighted by Gasteiger charge is 2.44. The standard InChI is InChI=1S/C13H22N2O3/c1-9-3-6-15(10(7-9)11(16)17)12(18)13(2)4-5-14-8-13/h9-10,14H,3-8H2,1-2H3,(H,16,17). The Morgan fingerprint density at radius 2 is 2.17 bits per heavy atom. The van der Waals surface area contributed by atoms with Gasteiger partial charge in [0.1, 0.15) is 6.04 Å². The first kappa shape index (κ1) is 13.3. The first-order chi connectivity index (χ1) is 8.44. The van der Waals surface area contributed by atoms with Crippen molar-refractivity contribution < 1.29 is 14.7 Å². The molecule has 0 aliphatic carbocycles. The van der Waals surface area contributed by atoms with Crippen LogP contribution in [0.4, 0.5) is 0 Å². The maximum atomic E-state index is 12.6. The molecule has 2 heterocycles. The first-order valence-corrected chi connectivity index (χ1v) is 6.68. The molecule has 2 saturated heterocycles. The SMILES string of the molecule is CC1CCN(C(=O)C2(C)CCNC2)C(C(=O)O)C1. The lowest BCUT2D eigenvalue weighted by Crippen LogP contribution is -2.54. The molecule has 1 amide bonds. The zero-order chi connectivity index (χ0) is 13.3. The molecule has 0 bridgehead atoms. The number of carbonyl (C=O) groups is 2. The molecule has 0 saturated carbocycles. The van der Waals surface area contributed by atoms with Crippen molar-refractivity contribution in [3.63, 3.8) is 0 Å². The lowest BCUT2D eigenvalue weighted by molar-refractivity contribution is -0.157. The van der Waals surface area contributed by atoms with Crippen molar-refractivity contribution in [2.75, 3.05) is 19.6 Å². The third-order valence-corrected chi connectivity index (χ3v) is 4.30. The zero-order valence-corrected chi connectivity index (χ0v) is 11.1. The molecular formula is C13H22N2O3. The predicted octanol–water partition coefficient (Wildman–Crippen LogP) is 0.698. The topological polar surface area (TPSA) is 69.6 Å². The number of carboxylic acid groups (broad SMARTS) is 1. The molecule has 0 radical (unpaired) electrons. The summed E-state index contributed by atoms with van der Waals surface area (Å²) in [6, 6.07) is -0.640. The van der Waals surface area contributed by atoms with Gasteiger partial charge in [0.05, 0.1) is 5.41 Å². The quantitative estimate of drug-likeness (QED) is 0.761. The summed E-state index contributed by atoms with van der Waals surface area (Å²) >= 11 is 0. The van der Waals surface area contributed by atoms with Crippen LogP contribution in [0.3, 0.4) is 0 Å². The molecule has 0 aromatic rings. The molecule has 3 unspecified atom stereocenters. The second-order valence-electron chi connectivity index (χ2n) is 5.97. The Bertz CT molecular complexity index is 350. The molecule has 5 nitrogen and oxygen atoms in total. The van der Waals surface area contributed by atoms with Gasteiger partial charge >= 0.3 is 5.97 Å². The van der Waals surface area contributed by atoms with Crippen molar-refractivity contribution in [2.45, 2.75) is 39.2 Å². The van der Waals surface area contributed by atoms with E-state index in [2.05, 4.69) is 12.2 Å². The number of rotatable bonds is 2. The van der Waals surface area contributed by atoms with E-state index in [9.17, 15) is 14.7 Å². The van der Waals surface area contributed by atoms with E-state index in [1.54, 1.807) is 4.90 Å². The lowest BCUT2D eigenvalue weighted by atomic mass is 9.84. The van der Waals surface area contributed by atoms with Gasteiger partial charge in [0.2, 0.25) is 5.91 Å². The zero-order valence-electron chi connectivity index (χ0n) is 11.1. The molecule has 0 spiro atoms. The third kappa shape index (κ3) is 2.36. The molecule has 5 heteroatoms. The summed E-state index contributed by atoms with van der Waals surface area (Å²) in [6.45, 7) is 6.06. The van der Waals surface area contributed by atoms with Crippen molar-refractivity contribution in [1.82, 2.24) is 10.2 Å². The highest BCUT2D eigenvalue weighted by atomic mass is 16.4. The minimum Gasteiger partial charge on any atom is -0.480 e. The Morgan fingerprint density at radius 1 is 1.44 bits per heavy atom. The summed E-state index contributed by atoms with van der Waals surface area (Å²) in [5.41, 5.74) is -0.422. The van der Waals surface area contributed by atoms with Crippen LogP contribution >= 0.6 is 0 Å². The van der Waals surface area contributed by atoms with E-state index in [-0.39, 0.29) is 5.91 Å². The van der Waals surface area contributed by atoms with Crippen molar-refractivity contribution >= 4 is 11.9 Å². The summed E-state index contributed by atoms with van der Waals surface area (Å²) in [4.78, 5) is 25.5. The molecule has 2 N–H and O–H groups in total. The van der Waals surface area contributed by atoms with E-state index in [1.807, 2.05) is 6.92 Å². The van der Waals surface area contributed by atoms with E-state index in [4.69, 9.17) is 0 Å². The Kier molecular flexibility index (Phi) is 3.61. The second kappa shape index (κ2) is 4.88. The number of nitrogens with one attached hydrogen (secondary N) is 1. The summed E-state index contributed by atoms with van der Waals surface area (Å²) in [5.74, 6) is -0.485. The molecule has 102 valence electrons. The van der Waals surface area contributed by atoms with Crippen LogP contribution in [-0.2, 0) is 9.59 Å². The number of aliphatic carboxylic acids is 1. The molecule has 2 fully saturated rings. The van der Waals surface area contributed by atoms with Gasteiger partial charge in [-0.2, -0.15) is 0 Å². The summed E-state index contributed by atoms with van der Waals surface area (Å²) in [6.07, 6.45) is 2.27. The van der Waals surface area contributed by atoms with Gasteiger partial charge in [-0.1, -0.05) is 6.92 Å². The number of hydrogen-bond acceptors (Lipinski definition) is 3. The molecule has 2 aliphatic heterocycles. The highest BCUT2D eigenvalue weighted by molar-refractivity contribution is 5.88. The van der Waals surface area contributed by atoms with E-state index < -0.39 is 17.4 Å². The van der Waals surface area contributed by atoms with Gasteiger partial charge < -0.3 is 15.3 Å². The molecule has 2 aliphatic rings. The van der Waals surface area contributed by atoms with Gasteiger partial charge in [0, 0.05) is 13.1 Å². The number of likely N-dealkylation sites (tertiary alicyclic amines) is 1. The Morgan fingerprint density at radius 3 is 2.72 bits per heavy atom. The van der Waals surface area contributed by atoms with Crippen molar-refractivity contribution in [3.05, 3.63) is 0 Å². The van der Waals surface area contributed by atoms with Gasteiger partial charge in [0.15, 0.2) is 0 Å². The van der Waals surface area contributed by atoms with Crippen LogP contribution < -0.4 is 5.32 Å². The average Bonchev–Trinajstić information content (AvgIpc) is 2.76. The number of amides is 1. The van der Waals surface area contributed by atoms with Crippen LogP contribution in [0, 0.1) is 11.3 Å². The van der Waals surface area contributed by atoms with Crippen molar-refractivity contribution in [3.8, 4) is 0 Å². The predicted molar refractivity (Wildman–Crippen MR) is 67.1 cm³/mol. The van der Waals surface area contributed by atoms with Gasteiger partial charge in [-0.3, -0.25) is 4.79 Å². The molecule has 0 aromatic carbocycles. The third-order valence-electron chi connectivity index (χ3n) is 4.30. The number of hydrogen-bond donors (Lipinski definition) is 2. The van der Waals surface area contributed by atoms with Crippen LogP contribution in [0.1, 0.15) is 33.1 Å². The normalized spacial score (nSPS) is 36.7. The monoisotopic (exact) mass is 254 g/mol. The van der Waals surface area contributed by atoms with Crippen molar-refractivity contribution in [2.24, 2.45) is 11.3 Å². The fourth-order valence-corrected chi connectivity index (χ4v) is 2.96. The fourth-order valence-electron chi connectivity index (χ4n) is 2.96. The summed E-state index contributed by atoms with van der Waals surface area (Å²) in [5, 5.41) is 12.5. The van der Waals surface area contributed by atoms with Gasteiger partial charge in [0.25, 0.3) is 0 Å². The molecule has 18 heavy (non-hydrogen) atoms. The molecular weight excluding hydrogens is 232 g/mol. The fraction of sp³-hybridized carbons (Fsp3) is 0.846. The first-order valence-electron chi connectivity index (χ1n) is 6.68. The lowest BCUT2D eigenvalue weighted by Gasteiger charge is -2.40. The smallest absolute Gasteiger partial charge is 0.326 e. The molecule has 2 rings (SSSR count). The summed E-state index contributed by atoms with van der Waals surface area (Å²) < 4.78 is 0. The Labute approximate surface area is 108 Å². The summed E-state index contributed by atoms with van der Waals surface area (Å²) in [7, 11) is 0. The van der Waals surface area contributed by atoms with Crippen molar-refractivity contribution in [1.29, 1.82) is 0 Å². The van der Waals surface area contributed by atoms with Crippen LogP contribution in [0.15, 0.2) is 0 Å². The van der Waals surface area contributed by atoms with Crippen LogP contribution in [0.25, 0.3) is 0 Å². The largest absolute Gasteiger partial charge is 0.480 e. The average molecular weight is 254 g/mol. The van der Waals surface area contributed by atoms with Crippen LogP contribution in [-0.4, -0.2) is 47.6 Å². The molecule has 3 atom stereocenters. The molecule has 0 aromatic heterocycles. The second-order valence-corrected chi connectivity index (χ2v) is 5.97. The number of carboxylic acids is 1. The van der Waals surface area contributed by atoms with Gasteiger partial charge in [-0.05, 0) is 38.6 Å². The minimum absolute atomic E-state index is 0.00630. The van der Waals surface area contributed by atoms with E-state index in [0.29, 0.717) is 25.4 Å². The number of carbonyl (C=O) groups excluding carboxylic acids is 1. The van der Waals surface area contributed by atoms with E-state index in [0.717, 1.165) is 19.4 Å². The maximum Gasteiger partial charge on any atom is 0.326 e.